The van der Waals surface area contributed by atoms with Crippen molar-refractivity contribution in [1.82, 2.24) is 14.8 Å². The number of aromatic amines is 1. The van der Waals surface area contributed by atoms with Crippen LogP contribution in [0.25, 0.3) is 10.9 Å². The first-order valence-electron chi connectivity index (χ1n) is 14.1. The van der Waals surface area contributed by atoms with Crippen LogP contribution >= 0.6 is 0 Å². The first-order chi connectivity index (χ1) is 19.1. The number of nitrogens with zero attached hydrogens (tertiary/aromatic N) is 2. The summed E-state index contributed by atoms with van der Waals surface area (Å²) in [5.41, 5.74) is 6.34. The van der Waals surface area contributed by atoms with E-state index in [9.17, 15) is 22.8 Å². The second kappa shape index (κ2) is 11.6. The van der Waals surface area contributed by atoms with Gasteiger partial charge in [0, 0.05) is 29.6 Å². The average molecular weight is 556 g/mol. The second-order valence-electron chi connectivity index (χ2n) is 11.1. The lowest BCUT2D eigenvalue weighted by Crippen LogP contribution is -2.47. The minimum atomic E-state index is -5.06. The third kappa shape index (κ3) is 5.89. The number of aryl methyl sites for hydroxylation is 2. The maximum Gasteiger partial charge on any atom is 0.490 e. The third-order valence-electron chi connectivity index (χ3n) is 8.47. The van der Waals surface area contributed by atoms with Crippen molar-refractivity contribution < 1.29 is 27.5 Å². The molecule has 3 aromatic rings. The number of benzene rings is 2. The zero-order chi connectivity index (χ0) is 28.4. The van der Waals surface area contributed by atoms with Crippen molar-refractivity contribution in [1.29, 1.82) is 0 Å². The Morgan fingerprint density at radius 3 is 2.35 bits per heavy atom. The van der Waals surface area contributed by atoms with Gasteiger partial charge in [0.1, 0.15) is 12.3 Å². The summed E-state index contributed by atoms with van der Waals surface area (Å²) in [7, 11) is 0. The van der Waals surface area contributed by atoms with Crippen LogP contribution in [0, 0.1) is 13.8 Å². The number of rotatable bonds is 6. The Bertz CT molecular complexity index is 1350. The summed E-state index contributed by atoms with van der Waals surface area (Å²) in [6.45, 7) is 6.71. The molecule has 9 heteroatoms. The van der Waals surface area contributed by atoms with Crippen LogP contribution in [0.3, 0.4) is 0 Å². The summed E-state index contributed by atoms with van der Waals surface area (Å²) in [6.07, 6.45) is -0.993. The highest BCUT2D eigenvalue weighted by Gasteiger charge is 2.42. The molecule has 0 bridgehead atoms. The number of amides is 1. The second-order valence-corrected chi connectivity index (χ2v) is 11.1. The average Bonchev–Trinajstić information content (AvgIpc) is 3.30. The monoisotopic (exact) mass is 555 g/mol. The number of alkyl halides is 3. The Labute approximate surface area is 232 Å². The molecule has 1 unspecified atom stereocenters. The summed E-state index contributed by atoms with van der Waals surface area (Å²) in [5, 5.41) is 0.972. The van der Waals surface area contributed by atoms with Gasteiger partial charge in [-0.2, -0.15) is 13.2 Å². The van der Waals surface area contributed by atoms with Crippen LogP contribution in [-0.4, -0.2) is 65.1 Å². The molecule has 1 aromatic heterocycles. The molecule has 0 spiro atoms. The molecule has 0 saturated carbocycles. The molecule has 0 radical (unpaired) electrons. The molecule has 3 heterocycles. The van der Waals surface area contributed by atoms with Gasteiger partial charge in [-0.3, -0.25) is 9.69 Å². The van der Waals surface area contributed by atoms with Gasteiger partial charge in [-0.05, 0) is 87.7 Å². The van der Waals surface area contributed by atoms with Gasteiger partial charge in [-0.1, -0.05) is 36.4 Å². The number of hydrogen-bond donors (Lipinski definition) is 1. The molecule has 2 fully saturated rings. The van der Waals surface area contributed by atoms with Crippen LogP contribution in [0.2, 0.25) is 0 Å². The van der Waals surface area contributed by atoms with E-state index in [1.165, 1.54) is 16.7 Å². The molecule has 0 aliphatic carbocycles. The van der Waals surface area contributed by atoms with Gasteiger partial charge in [-0.15, -0.1) is 0 Å². The number of hydrogen-bond acceptors (Lipinski definition) is 4. The number of esters is 1. The number of carbonyl (C=O) groups excluding carboxylic acids is 2. The number of aromatic nitrogens is 1. The molecule has 40 heavy (non-hydrogen) atoms. The minimum Gasteiger partial charge on any atom is -0.457 e. The normalized spacial score (nSPS) is 19.2. The smallest absolute Gasteiger partial charge is 0.457 e. The molecule has 1 atom stereocenters. The molecular formula is C31H36F3N3O3. The van der Waals surface area contributed by atoms with Gasteiger partial charge < -0.3 is 14.6 Å². The Balaban J connectivity index is 1.34. The zero-order valence-corrected chi connectivity index (χ0v) is 23.0. The zero-order valence-electron chi connectivity index (χ0n) is 23.0. The van der Waals surface area contributed by atoms with Crippen molar-refractivity contribution in [2.45, 2.75) is 70.6 Å². The molecule has 2 saturated heterocycles. The standard InChI is InChI=1S/C31H36F3N3O3/c1-20-8-7-9-21(2)27(20)22-13-16-36(17-14-22)18-25-24-11-3-4-12-26(24)35-28(25)29(38)37-15-6-5-10-23(37)19-40-30(39)31(32,33)34/h3-4,7-9,11-12,22-23,35H,5-6,10,13-19H2,1-2H3. The summed E-state index contributed by atoms with van der Waals surface area (Å²) >= 11 is 0. The highest BCUT2D eigenvalue weighted by Crippen LogP contribution is 2.34. The largest absolute Gasteiger partial charge is 0.490 e. The minimum absolute atomic E-state index is 0.260. The maximum atomic E-state index is 13.9. The molecule has 2 aliphatic rings. The number of likely N-dealkylation sites (tertiary alicyclic amines) is 2. The van der Waals surface area contributed by atoms with Crippen LogP contribution < -0.4 is 0 Å². The van der Waals surface area contributed by atoms with Crippen molar-refractivity contribution in [2.24, 2.45) is 0 Å². The van der Waals surface area contributed by atoms with Crippen LogP contribution in [-0.2, 0) is 16.1 Å². The Morgan fingerprint density at radius 2 is 1.65 bits per heavy atom. The van der Waals surface area contributed by atoms with Gasteiger partial charge in [0.25, 0.3) is 5.91 Å². The summed E-state index contributed by atoms with van der Waals surface area (Å²) in [6, 6.07) is 13.6. The molecule has 5 rings (SSSR count). The van der Waals surface area contributed by atoms with Gasteiger partial charge in [0.2, 0.25) is 0 Å². The first kappa shape index (κ1) is 28.2. The number of fused-ring (bicyclic) bond motifs is 1. The van der Waals surface area contributed by atoms with Crippen molar-refractivity contribution in [3.63, 3.8) is 0 Å². The van der Waals surface area contributed by atoms with Crippen LogP contribution in [0.5, 0.6) is 0 Å². The van der Waals surface area contributed by atoms with Crippen molar-refractivity contribution >= 4 is 22.8 Å². The predicted molar refractivity (Wildman–Crippen MR) is 147 cm³/mol. The Hall–Kier alpha value is -3.33. The Morgan fingerprint density at radius 1 is 0.950 bits per heavy atom. The summed E-state index contributed by atoms with van der Waals surface area (Å²) in [5.74, 6) is -1.97. The maximum absolute atomic E-state index is 13.9. The third-order valence-corrected chi connectivity index (χ3v) is 8.47. The number of nitrogens with one attached hydrogen (secondary N) is 1. The highest BCUT2D eigenvalue weighted by atomic mass is 19.4. The lowest BCUT2D eigenvalue weighted by molar-refractivity contribution is -0.201. The molecule has 1 N–H and O–H groups in total. The fraction of sp³-hybridized carbons (Fsp3) is 0.484. The number of ether oxygens (including phenoxy) is 1. The number of H-pyrrole nitrogens is 1. The van der Waals surface area contributed by atoms with Crippen LogP contribution in [0.4, 0.5) is 13.2 Å². The fourth-order valence-electron chi connectivity index (χ4n) is 6.46. The molecular weight excluding hydrogens is 519 g/mol. The van der Waals surface area contributed by atoms with E-state index in [2.05, 4.69) is 46.7 Å². The number of piperidine rings is 2. The lowest BCUT2D eigenvalue weighted by Gasteiger charge is -2.36. The van der Waals surface area contributed by atoms with E-state index in [4.69, 9.17) is 0 Å². The lowest BCUT2D eigenvalue weighted by atomic mass is 9.84. The summed E-state index contributed by atoms with van der Waals surface area (Å²) in [4.78, 5) is 32.5. The van der Waals surface area contributed by atoms with E-state index >= 15 is 0 Å². The first-order valence-corrected chi connectivity index (χ1v) is 14.1. The highest BCUT2D eigenvalue weighted by molar-refractivity contribution is 6.01. The van der Waals surface area contributed by atoms with Gasteiger partial charge in [-0.25, -0.2) is 4.79 Å². The van der Waals surface area contributed by atoms with Gasteiger partial charge >= 0.3 is 12.1 Å². The van der Waals surface area contributed by atoms with Crippen molar-refractivity contribution in [2.75, 3.05) is 26.2 Å². The topological polar surface area (TPSA) is 65.6 Å². The van der Waals surface area contributed by atoms with E-state index in [1.54, 1.807) is 4.90 Å². The molecule has 6 nitrogen and oxygen atoms in total. The number of halogens is 3. The SMILES string of the molecule is Cc1cccc(C)c1C1CCN(Cc2c(C(=O)N3CCCCC3COC(=O)C(F)(F)F)[nH]c3ccccc23)CC1. The predicted octanol–water partition coefficient (Wildman–Crippen LogP) is 6.26. The van der Waals surface area contributed by atoms with Gasteiger partial charge in [0.15, 0.2) is 0 Å². The van der Waals surface area contributed by atoms with E-state index < -0.39 is 24.8 Å². The summed E-state index contributed by atoms with van der Waals surface area (Å²) < 4.78 is 42.7. The van der Waals surface area contributed by atoms with E-state index in [-0.39, 0.29) is 5.91 Å². The van der Waals surface area contributed by atoms with Crippen LogP contribution in [0.1, 0.15) is 70.8 Å². The van der Waals surface area contributed by atoms with Crippen molar-refractivity contribution in [3.8, 4) is 0 Å². The molecule has 214 valence electrons. The fourth-order valence-corrected chi connectivity index (χ4v) is 6.46. The Kier molecular flexibility index (Phi) is 8.21. The quantitative estimate of drug-likeness (QED) is 0.365. The van der Waals surface area contributed by atoms with E-state index in [0.717, 1.165) is 55.2 Å². The number of carbonyl (C=O) groups is 2. The molecule has 2 aliphatic heterocycles. The van der Waals surface area contributed by atoms with Crippen LogP contribution in [0.15, 0.2) is 42.5 Å². The van der Waals surface area contributed by atoms with Crippen molar-refractivity contribution in [3.05, 3.63) is 70.4 Å². The van der Waals surface area contributed by atoms with E-state index in [1.807, 2.05) is 24.3 Å². The number of para-hydroxylation sites is 1. The molecule has 1 amide bonds. The van der Waals surface area contributed by atoms with Gasteiger partial charge in [0.05, 0.1) is 6.04 Å². The molecule has 2 aromatic carbocycles. The van der Waals surface area contributed by atoms with E-state index in [0.29, 0.717) is 31.1 Å².